The van der Waals surface area contributed by atoms with Gasteiger partial charge in [0.1, 0.15) is 18.6 Å². The van der Waals surface area contributed by atoms with Gasteiger partial charge in [0.15, 0.2) is 11.5 Å². The lowest BCUT2D eigenvalue weighted by Crippen LogP contribution is -2.28. The highest BCUT2D eigenvalue weighted by Gasteiger charge is 2.34. The van der Waals surface area contributed by atoms with Crippen LogP contribution in [0.2, 0.25) is 0 Å². The summed E-state index contributed by atoms with van der Waals surface area (Å²) in [6.45, 7) is 3.11. The Hall–Kier alpha value is -2.67. The molecule has 0 aromatic heterocycles. The van der Waals surface area contributed by atoms with Gasteiger partial charge in [-0.2, -0.15) is 0 Å². The summed E-state index contributed by atoms with van der Waals surface area (Å²) in [4.78, 5) is 26.3. The number of ether oxygens (including phenoxy) is 2. The van der Waals surface area contributed by atoms with E-state index in [4.69, 9.17) is 9.47 Å². The molecule has 0 spiro atoms. The van der Waals surface area contributed by atoms with E-state index in [1.807, 2.05) is 42.5 Å². The number of carbonyl (C=O) groups is 2. The van der Waals surface area contributed by atoms with Gasteiger partial charge < -0.3 is 14.8 Å². The molecule has 2 amide bonds. The third-order valence-electron chi connectivity index (χ3n) is 4.91. The number of hydrogen-bond acceptors (Lipinski definition) is 5. The fourth-order valence-electron chi connectivity index (χ4n) is 3.42. The number of fused-ring (bicyclic) bond motifs is 1. The number of nitrogens with zero attached hydrogens (tertiary/aromatic N) is 1. The van der Waals surface area contributed by atoms with Crippen LogP contribution < -0.4 is 19.7 Å². The van der Waals surface area contributed by atoms with Crippen LogP contribution in [-0.2, 0) is 9.59 Å². The first-order valence-electron chi connectivity index (χ1n) is 9.89. The summed E-state index contributed by atoms with van der Waals surface area (Å²) < 4.78 is 11.3. The maximum Gasteiger partial charge on any atom is 0.238 e. The van der Waals surface area contributed by atoms with E-state index in [0.29, 0.717) is 36.9 Å². The predicted molar refractivity (Wildman–Crippen MR) is 115 cm³/mol. The zero-order valence-electron chi connectivity index (χ0n) is 16.3. The summed E-state index contributed by atoms with van der Waals surface area (Å²) in [7, 11) is 0. The van der Waals surface area contributed by atoms with E-state index in [-0.39, 0.29) is 17.2 Å². The highest BCUT2D eigenvalue weighted by molar-refractivity contribution is 8.00. The Morgan fingerprint density at radius 2 is 1.90 bits per heavy atom. The molecule has 2 aromatic rings. The van der Waals surface area contributed by atoms with Crippen LogP contribution in [0.1, 0.15) is 37.1 Å². The fraction of sp³-hybridized carbons (Fsp3) is 0.364. The van der Waals surface area contributed by atoms with Crippen LogP contribution in [0.25, 0.3) is 0 Å². The quantitative estimate of drug-likeness (QED) is 0.763. The number of unbranched alkanes of at least 4 members (excludes halogenated alkanes) is 1. The van der Waals surface area contributed by atoms with Gasteiger partial charge in [0.2, 0.25) is 11.8 Å². The van der Waals surface area contributed by atoms with Crippen molar-refractivity contribution < 1.29 is 19.1 Å². The molecule has 1 fully saturated rings. The summed E-state index contributed by atoms with van der Waals surface area (Å²) >= 11 is 1.59. The summed E-state index contributed by atoms with van der Waals surface area (Å²) in [6.07, 6.45) is 2.41. The number of rotatable bonds is 6. The summed E-state index contributed by atoms with van der Waals surface area (Å²) in [5.74, 6) is 1.90. The lowest BCUT2D eigenvalue weighted by molar-refractivity contribution is -0.116. The van der Waals surface area contributed by atoms with Gasteiger partial charge in [-0.25, -0.2) is 0 Å². The molecule has 0 aliphatic carbocycles. The topological polar surface area (TPSA) is 67.9 Å². The number of carbonyl (C=O) groups excluding carboxylic acids is 2. The van der Waals surface area contributed by atoms with Crippen LogP contribution in [0.5, 0.6) is 11.5 Å². The molecule has 1 atom stereocenters. The predicted octanol–water partition coefficient (Wildman–Crippen LogP) is 4.37. The highest BCUT2D eigenvalue weighted by atomic mass is 32.2. The van der Waals surface area contributed by atoms with E-state index in [2.05, 4.69) is 12.2 Å². The van der Waals surface area contributed by atoms with Gasteiger partial charge in [-0.1, -0.05) is 25.5 Å². The van der Waals surface area contributed by atoms with Crippen molar-refractivity contribution >= 4 is 35.0 Å². The van der Waals surface area contributed by atoms with Crippen LogP contribution in [0.3, 0.4) is 0 Å². The Kier molecular flexibility index (Phi) is 5.94. The van der Waals surface area contributed by atoms with Crippen molar-refractivity contribution in [2.24, 2.45) is 0 Å². The van der Waals surface area contributed by atoms with Crippen molar-refractivity contribution in [3.63, 3.8) is 0 Å². The van der Waals surface area contributed by atoms with Gasteiger partial charge in [-0.3, -0.25) is 14.5 Å². The molecular weight excluding hydrogens is 388 g/mol. The molecule has 0 bridgehead atoms. The number of anilines is 2. The molecule has 1 N–H and O–H groups in total. The van der Waals surface area contributed by atoms with E-state index in [1.165, 1.54) is 0 Å². The van der Waals surface area contributed by atoms with Crippen LogP contribution in [0.4, 0.5) is 11.4 Å². The Morgan fingerprint density at radius 1 is 1.14 bits per heavy atom. The van der Waals surface area contributed by atoms with Crippen LogP contribution in [-0.4, -0.2) is 30.8 Å². The molecule has 6 nitrogen and oxygen atoms in total. The second-order valence-corrected chi connectivity index (χ2v) is 8.10. The Morgan fingerprint density at radius 3 is 2.66 bits per heavy atom. The lowest BCUT2D eigenvalue weighted by atomic mass is 10.1. The number of thioether (sulfide) groups is 1. The third kappa shape index (κ3) is 4.34. The Balaban J connectivity index is 1.51. The number of amides is 2. The van der Waals surface area contributed by atoms with Crippen molar-refractivity contribution in [3.05, 3.63) is 48.0 Å². The maximum atomic E-state index is 12.6. The van der Waals surface area contributed by atoms with E-state index in [1.54, 1.807) is 16.7 Å². The minimum atomic E-state index is -0.116. The zero-order valence-corrected chi connectivity index (χ0v) is 17.2. The smallest absolute Gasteiger partial charge is 0.238 e. The molecule has 0 saturated carbocycles. The summed E-state index contributed by atoms with van der Waals surface area (Å²) in [5, 5.41) is 2.81. The minimum absolute atomic E-state index is 0.0305. The van der Waals surface area contributed by atoms with E-state index >= 15 is 0 Å². The van der Waals surface area contributed by atoms with E-state index in [0.717, 1.165) is 29.8 Å². The zero-order chi connectivity index (χ0) is 20.2. The first-order chi connectivity index (χ1) is 14.2. The number of benzene rings is 2. The van der Waals surface area contributed by atoms with Crippen LogP contribution >= 0.6 is 11.8 Å². The minimum Gasteiger partial charge on any atom is -0.486 e. The van der Waals surface area contributed by atoms with E-state index in [9.17, 15) is 9.59 Å². The summed E-state index contributed by atoms with van der Waals surface area (Å²) in [5.41, 5.74) is 2.59. The first-order valence-corrected chi connectivity index (χ1v) is 10.9. The molecule has 1 unspecified atom stereocenters. The van der Waals surface area contributed by atoms with Crippen molar-refractivity contribution in [1.29, 1.82) is 0 Å². The molecule has 29 heavy (non-hydrogen) atoms. The van der Waals surface area contributed by atoms with Gasteiger partial charge >= 0.3 is 0 Å². The Bertz CT molecular complexity index is 900. The molecule has 2 aliphatic heterocycles. The molecular formula is C22H24N2O4S. The average Bonchev–Trinajstić information content (AvgIpc) is 3.14. The van der Waals surface area contributed by atoms with Crippen molar-refractivity contribution in [2.45, 2.75) is 31.6 Å². The van der Waals surface area contributed by atoms with Crippen molar-refractivity contribution in [1.82, 2.24) is 0 Å². The third-order valence-corrected chi connectivity index (χ3v) is 6.12. The SMILES string of the molecule is CCCCC(=O)Nc1ccc(C2SCC(=O)N2c2ccc3c(c2)OCCO3)cc1. The highest BCUT2D eigenvalue weighted by Crippen LogP contribution is 2.44. The molecule has 1 saturated heterocycles. The summed E-state index contributed by atoms with van der Waals surface area (Å²) in [6, 6.07) is 13.3. The van der Waals surface area contributed by atoms with Crippen molar-refractivity contribution in [2.75, 3.05) is 29.2 Å². The molecule has 152 valence electrons. The fourth-order valence-corrected chi connectivity index (χ4v) is 4.60. The second-order valence-electron chi connectivity index (χ2n) is 7.03. The van der Waals surface area contributed by atoms with Crippen LogP contribution in [0.15, 0.2) is 42.5 Å². The standard InChI is InChI=1S/C22H24N2O4S/c1-2-3-4-20(25)23-16-7-5-15(6-8-16)22-24(21(26)14-29-22)17-9-10-18-19(13-17)28-12-11-27-18/h5-10,13,22H,2-4,11-12,14H2,1H3,(H,23,25). The molecule has 2 heterocycles. The normalized spacial score (nSPS) is 18.0. The number of nitrogens with one attached hydrogen (secondary N) is 1. The van der Waals surface area contributed by atoms with Gasteiger partial charge in [0.25, 0.3) is 0 Å². The van der Waals surface area contributed by atoms with Crippen molar-refractivity contribution in [3.8, 4) is 11.5 Å². The molecule has 2 aromatic carbocycles. The lowest BCUT2D eigenvalue weighted by Gasteiger charge is -2.26. The maximum absolute atomic E-state index is 12.6. The monoisotopic (exact) mass is 412 g/mol. The molecule has 7 heteroatoms. The Labute approximate surface area is 174 Å². The largest absolute Gasteiger partial charge is 0.486 e. The second kappa shape index (κ2) is 8.78. The van der Waals surface area contributed by atoms with Crippen LogP contribution in [0, 0.1) is 0 Å². The van der Waals surface area contributed by atoms with Gasteiger partial charge in [0, 0.05) is 23.9 Å². The molecule has 4 rings (SSSR count). The van der Waals surface area contributed by atoms with E-state index < -0.39 is 0 Å². The average molecular weight is 413 g/mol. The molecule has 0 radical (unpaired) electrons. The molecule has 2 aliphatic rings. The first kappa shape index (κ1) is 19.6. The number of hydrogen-bond donors (Lipinski definition) is 1. The van der Waals surface area contributed by atoms with Gasteiger partial charge in [-0.05, 0) is 36.2 Å². The van der Waals surface area contributed by atoms with Gasteiger partial charge in [-0.15, -0.1) is 11.8 Å². The van der Waals surface area contributed by atoms with Gasteiger partial charge in [0.05, 0.1) is 5.75 Å².